The fraction of sp³-hybridized carbons (Fsp3) is 0.604. The summed E-state index contributed by atoms with van der Waals surface area (Å²) < 4.78 is 21.3. The van der Waals surface area contributed by atoms with Crippen LogP contribution in [0.4, 0.5) is 0 Å². The van der Waals surface area contributed by atoms with E-state index in [1.54, 1.807) is 81.5 Å². The summed E-state index contributed by atoms with van der Waals surface area (Å²) in [5.74, 6) is -0.465. The maximum absolute atomic E-state index is 14.1. The highest BCUT2D eigenvalue weighted by molar-refractivity contribution is 6.31. The van der Waals surface area contributed by atoms with Gasteiger partial charge >= 0.3 is 5.69 Å². The molecule has 2 amide bonds. The standard InChI is InChI=1S/C28H41N5O6.C25H33ClN4O3/c1-30-13-9-20(16-25(30)34)23-8-10-29-17-24(23)27(36)33(22-6-7-22)19-21-18-31(11-4-14-38-2)28(37)32(26(21)35)12-5-15-39-3;1-29-10-8-17(13-24(29)31)21-7-9-27-14-22(21)25(32)30(20-5-6-20)16-18-12-19(4-3-11-33-2)28-15-23(18)26/h9,13,16,18,22-24,29H,4-8,10-12,14-15,17,19H2,1-3H3;8,10,12-13,15,20-22,27H,3-7,9,11,14,16H2,1-2H3/t23-,24+;21-,22+/m11/s1. The molecule has 18 nitrogen and oxygen atoms in total. The second-order valence-electron chi connectivity index (χ2n) is 19.8. The smallest absolute Gasteiger partial charge is 0.330 e. The number of halogens is 1. The molecule has 8 rings (SSSR count). The number of methoxy groups -OCH3 is 3. The molecule has 4 aromatic heterocycles. The average molecular weight is 1020 g/mol. The summed E-state index contributed by atoms with van der Waals surface area (Å²) in [6, 6.07) is 9.57. The molecule has 4 aromatic rings. The molecule has 0 bridgehead atoms. The molecule has 2 aliphatic carbocycles. The molecule has 19 heteroatoms. The SMILES string of the molecule is COCCCc1cc(CN(C(=O)[C@H]2CNCC[C@@H]2c2ccn(C)c(=O)c2)C2CC2)c(Cl)cn1.COCCCn1cc(CN(C(=O)[C@H]2CNCC[C@@H]2c2ccn(C)c(=O)c2)C2CC2)c(=O)n(CCCOC)c1=O. The third-order valence-corrected chi connectivity index (χ3v) is 14.8. The van der Waals surface area contributed by atoms with Crippen LogP contribution in [0.15, 0.2) is 74.3 Å². The van der Waals surface area contributed by atoms with Gasteiger partial charge in [0.05, 0.1) is 29.0 Å². The normalized spacial score (nSPS) is 19.9. The number of amides is 2. The highest BCUT2D eigenvalue weighted by Crippen LogP contribution is 2.38. The van der Waals surface area contributed by atoms with Gasteiger partial charge in [0.1, 0.15) is 0 Å². The van der Waals surface area contributed by atoms with E-state index in [4.69, 9.17) is 25.8 Å². The molecule has 72 heavy (non-hydrogen) atoms. The maximum atomic E-state index is 14.1. The summed E-state index contributed by atoms with van der Waals surface area (Å²) >= 11 is 6.50. The second kappa shape index (κ2) is 26.1. The summed E-state index contributed by atoms with van der Waals surface area (Å²) in [5, 5.41) is 7.33. The van der Waals surface area contributed by atoms with Crippen molar-refractivity contribution in [1.29, 1.82) is 0 Å². The Labute approximate surface area is 426 Å². The van der Waals surface area contributed by atoms with E-state index in [0.717, 1.165) is 86.8 Å². The molecule has 4 atom stereocenters. The molecule has 2 N–H and O–H groups in total. The molecule has 2 saturated heterocycles. The first kappa shape index (κ1) is 54.5. The fourth-order valence-electron chi connectivity index (χ4n) is 10.1. The zero-order chi connectivity index (χ0) is 51.3. The van der Waals surface area contributed by atoms with Crippen molar-refractivity contribution < 1.29 is 23.8 Å². The Morgan fingerprint density at radius 1 is 0.694 bits per heavy atom. The molecule has 0 aromatic carbocycles. The number of hydrogen-bond donors (Lipinski definition) is 2. The van der Waals surface area contributed by atoms with E-state index in [2.05, 4.69) is 15.6 Å². The van der Waals surface area contributed by atoms with Gasteiger partial charge in [-0.15, -0.1) is 0 Å². The first-order valence-corrected chi connectivity index (χ1v) is 26.0. The Bertz CT molecular complexity index is 2710. The number of carbonyl (C=O) groups is 2. The largest absolute Gasteiger partial charge is 0.385 e. The van der Waals surface area contributed by atoms with Crippen molar-refractivity contribution in [2.24, 2.45) is 25.9 Å². The van der Waals surface area contributed by atoms with E-state index in [1.165, 1.54) is 9.13 Å². The molecule has 2 saturated carbocycles. The Balaban J connectivity index is 0.000000214. The van der Waals surface area contributed by atoms with Crippen molar-refractivity contribution >= 4 is 23.4 Å². The number of carbonyl (C=O) groups excluding carboxylic acids is 2. The van der Waals surface area contributed by atoms with Gasteiger partial charge in [-0.3, -0.25) is 38.1 Å². The summed E-state index contributed by atoms with van der Waals surface area (Å²) in [7, 11) is 8.35. The molecule has 4 aliphatic rings. The molecular formula is C53H74ClN9O9. The van der Waals surface area contributed by atoms with Gasteiger partial charge in [-0.1, -0.05) is 11.6 Å². The van der Waals surface area contributed by atoms with Crippen molar-refractivity contribution in [1.82, 2.24) is 43.7 Å². The number of hydrogen-bond acceptors (Lipinski definition) is 12. The zero-order valence-electron chi connectivity index (χ0n) is 42.7. The lowest BCUT2D eigenvalue weighted by atomic mass is 9.80. The number of pyridine rings is 3. The first-order valence-electron chi connectivity index (χ1n) is 25.6. The molecule has 0 spiro atoms. The van der Waals surface area contributed by atoms with E-state index in [1.807, 2.05) is 28.0 Å². The summed E-state index contributed by atoms with van der Waals surface area (Å²) in [6.07, 6.45) is 15.1. The van der Waals surface area contributed by atoms with E-state index in [9.17, 15) is 28.8 Å². The van der Waals surface area contributed by atoms with Crippen molar-refractivity contribution in [3.8, 4) is 0 Å². The van der Waals surface area contributed by atoms with Crippen LogP contribution >= 0.6 is 11.6 Å². The average Bonchev–Trinajstić information content (AvgIpc) is 4.34. The molecule has 2 aliphatic heterocycles. The topological polar surface area (TPSA) is 193 Å². The van der Waals surface area contributed by atoms with Gasteiger partial charge in [0.2, 0.25) is 11.8 Å². The number of ether oxygens (including phenoxy) is 3. The Hall–Kier alpha value is -5.24. The minimum Gasteiger partial charge on any atom is -0.385 e. The summed E-state index contributed by atoms with van der Waals surface area (Å²) in [6.45, 7) is 5.66. The first-order chi connectivity index (χ1) is 34.8. The lowest BCUT2D eigenvalue weighted by molar-refractivity contribution is -0.138. The van der Waals surface area contributed by atoms with Gasteiger partial charge in [0, 0.05) is 143 Å². The molecule has 0 unspecified atom stereocenters. The third-order valence-electron chi connectivity index (χ3n) is 14.5. The van der Waals surface area contributed by atoms with Crippen molar-refractivity contribution in [3.63, 3.8) is 0 Å². The zero-order valence-corrected chi connectivity index (χ0v) is 43.4. The number of aryl methyl sites for hydroxylation is 4. The predicted octanol–water partition coefficient (Wildman–Crippen LogP) is 3.56. The summed E-state index contributed by atoms with van der Waals surface area (Å²) in [4.78, 5) is 87.4. The van der Waals surface area contributed by atoms with Crippen LogP contribution in [0.3, 0.4) is 0 Å². The van der Waals surface area contributed by atoms with Crippen molar-refractivity contribution in [3.05, 3.63) is 130 Å². The van der Waals surface area contributed by atoms with Gasteiger partial charge in [0.25, 0.3) is 16.7 Å². The maximum Gasteiger partial charge on any atom is 0.330 e. The van der Waals surface area contributed by atoms with Crippen LogP contribution < -0.4 is 33.0 Å². The monoisotopic (exact) mass is 1020 g/mol. The quantitative estimate of drug-likeness (QED) is 0.109. The van der Waals surface area contributed by atoms with Gasteiger partial charge < -0.3 is 43.8 Å². The highest BCUT2D eigenvalue weighted by Gasteiger charge is 2.42. The van der Waals surface area contributed by atoms with E-state index in [-0.39, 0.29) is 83.0 Å². The minimum atomic E-state index is -0.359. The Morgan fingerprint density at radius 3 is 1.69 bits per heavy atom. The third kappa shape index (κ3) is 14.1. The van der Waals surface area contributed by atoms with E-state index < -0.39 is 0 Å². The van der Waals surface area contributed by atoms with Crippen molar-refractivity contribution in [2.45, 2.75) is 114 Å². The number of nitrogens with zero attached hydrogens (tertiary/aromatic N) is 7. The van der Waals surface area contributed by atoms with Gasteiger partial charge in [-0.05, 0) is 124 Å². The van der Waals surface area contributed by atoms with Crippen LogP contribution in [0.5, 0.6) is 0 Å². The molecule has 0 radical (unpaired) electrons. The van der Waals surface area contributed by atoms with Gasteiger partial charge in [0.15, 0.2) is 0 Å². The van der Waals surface area contributed by atoms with Crippen LogP contribution in [0.2, 0.25) is 5.02 Å². The molecule has 6 heterocycles. The van der Waals surface area contributed by atoms with Crippen LogP contribution in [0.25, 0.3) is 0 Å². The predicted molar refractivity (Wildman–Crippen MR) is 275 cm³/mol. The van der Waals surface area contributed by atoms with Crippen LogP contribution in [-0.2, 0) is 70.5 Å². The molecule has 392 valence electrons. The number of nitrogens with one attached hydrogen (secondary N) is 2. The van der Waals surface area contributed by atoms with Gasteiger partial charge in [-0.25, -0.2) is 4.79 Å². The Morgan fingerprint density at radius 2 is 1.19 bits per heavy atom. The molecular weight excluding hydrogens is 942 g/mol. The number of aromatic nitrogens is 5. The number of rotatable bonds is 22. The molecule has 4 fully saturated rings. The van der Waals surface area contributed by atoms with Crippen molar-refractivity contribution in [2.75, 3.05) is 67.3 Å². The van der Waals surface area contributed by atoms with Crippen LogP contribution in [0, 0.1) is 11.8 Å². The van der Waals surface area contributed by atoms with Crippen LogP contribution in [-0.4, -0.2) is 124 Å². The lowest BCUT2D eigenvalue weighted by Gasteiger charge is -2.36. The summed E-state index contributed by atoms with van der Waals surface area (Å²) in [5.41, 5.74) is 3.31. The van der Waals surface area contributed by atoms with E-state index >= 15 is 0 Å². The fourth-order valence-corrected chi connectivity index (χ4v) is 10.2. The Kier molecular flexibility index (Phi) is 19.8. The highest BCUT2D eigenvalue weighted by atomic mass is 35.5. The van der Waals surface area contributed by atoms with Crippen LogP contribution in [0.1, 0.15) is 97.6 Å². The van der Waals surface area contributed by atoms with Gasteiger partial charge in [-0.2, -0.15) is 0 Å². The number of piperidine rings is 2. The van der Waals surface area contributed by atoms with E-state index in [0.29, 0.717) is 69.4 Å². The minimum absolute atomic E-state index is 0.0159. The lowest BCUT2D eigenvalue weighted by Crippen LogP contribution is -2.48. The second-order valence-corrected chi connectivity index (χ2v) is 20.2.